The minimum Gasteiger partial charge on any atom is -0.307 e. The van der Waals surface area contributed by atoms with Crippen LogP contribution in [0, 0.1) is 0 Å². The topological polar surface area (TPSA) is 12.0 Å². The van der Waals surface area contributed by atoms with Gasteiger partial charge in [-0.05, 0) is 43.5 Å². The van der Waals surface area contributed by atoms with E-state index in [1.807, 2.05) is 12.1 Å². The smallest absolute Gasteiger partial charge is 0.0595 e. The SMILES string of the molecule is CCCC1(c2ccc(Cl)c(Cl)c2)CCCN1. The van der Waals surface area contributed by atoms with Crippen molar-refractivity contribution in [1.29, 1.82) is 0 Å². The molecule has 0 amide bonds. The molecule has 88 valence electrons. The second-order valence-electron chi connectivity index (χ2n) is 4.49. The molecular formula is C13H17Cl2N. The first kappa shape index (κ1) is 12.2. The van der Waals surface area contributed by atoms with Crippen LogP contribution in [0.5, 0.6) is 0 Å². The molecule has 0 aliphatic carbocycles. The summed E-state index contributed by atoms with van der Waals surface area (Å²) in [6.45, 7) is 3.32. The molecule has 1 N–H and O–H groups in total. The zero-order valence-electron chi connectivity index (χ0n) is 9.52. The summed E-state index contributed by atoms with van der Waals surface area (Å²) >= 11 is 12.1. The summed E-state index contributed by atoms with van der Waals surface area (Å²) in [5.41, 5.74) is 1.41. The van der Waals surface area contributed by atoms with E-state index in [4.69, 9.17) is 23.2 Å². The fourth-order valence-electron chi connectivity index (χ4n) is 2.63. The first-order valence-corrected chi connectivity index (χ1v) is 6.64. The van der Waals surface area contributed by atoms with Crippen LogP contribution in [0.15, 0.2) is 18.2 Å². The Hall–Kier alpha value is -0.240. The van der Waals surface area contributed by atoms with Gasteiger partial charge in [0.25, 0.3) is 0 Å². The van der Waals surface area contributed by atoms with Crippen LogP contribution in [-0.2, 0) is 5.54 Å². The number of hydrogen-bond acceptors (Lipinski definition) is 1. The van der Waals surface area contributed by atoms with Crippen LogP contribution in [0.2, 0.25) is 10.0 Å². The highest BCUT2D eigenvalue weighted by molar-refractivity contribution is 6.42. The van der Waals surface area contributed by atoms with Crippen LogP contribution in [0.3, 0.4) is 0 Å². The normalized spacial score (nSPS) is 24.9. The molecule has 1 unspecified atom stereocenters. The maximum atomic E-state index is 6.09. The zero-order valence-corrected chi connectivity index (χ0v) is 11.0. The first-order valence-electron chi connectivity index (χ1n) is 5.88. The third-order valence-corrected chi connectivity index (χ3v) is 4.13. The highest BCUT2D eigenvalue weighted by atomic mass is 35.5. The van der Waals surface area contributed by atoms with Gasteiger partial charge >= 0.3 is 0 Å². The van der Waals surface area contributed by atoms with Gasteiger partial charge in [0.1, 0.15) is 0 Å². The van der Waals surface area contributed by atoms with Crippen molar-refractivity contribution in [3.05, 3.63) is 33.8 Å². The van der Waals surface area contributed by atoms with Crippen LogP contribution >= 0.6 is 23.2 Å². The third-order valence-electron chi connectivity index (χ3n) is 3.39. The predicted octanol–water partition coefficient (Wildman–Crippen LogP) is 4.37. The van der Waals surface area contributed by atoms with E-state index in [1.165, 1.54) is 24.8 Å². The molecule has 0 aromatic heterocycles. The summed E-state index contributed by atoms with van der Waals surface area (Å²) < 4.78 is 0. The Morgan fingerprint density at radius 3 is 2.69 bits per heavy atom. The van der Waals surface area contributed by atoms with Gasteiger partial charge in [-0.15, -0.1) is 0 Å². The summed E-state index contributed by atoms with van der Waals surface area (Å²) in [7, 11) is 0. The van der Waals surface area contributed by atoms with E-state index in [0.29, 0.717) is 10.0 Å². The maximum absolute atomic E-state index is 6.09. The van der Waals surface area contributed by atoms with Crippen molar-refractivity contribution in [1.82, 2.24) is 5.32 Å². The van der Waals surface area contributed by atoms with E-state index in [2.05, 4.69) is 18.3 Å². The van der Waals surface area contributed by atoms with Crippen LogP contribution in [-0.4, -0.2) is 6.54 Å². The van der Waals surface area contributed by atoms with E-state index in [0.717, 1.165) is 13.0 Å². The van der Waals surface area contributed by atoms with Gasteiger partial charge in [0.15, 0.2) is 0 Å². The second kappa shape index (κ2) is 4.95. The van der Waals surface area contributed by atoms with Gasteiger partial charge in [-0.25, -0.2) is 0 Å². The first-order chi connectivity index (χ1) is 7.68. The molecule has 1 saturated heterocycles. The highest BCUT2D eigenvalue weighted by Gasteiger charge is 2.34. The molecule has 1 heterocycles. The average Bonchev–Trinajstić information content (AvgIpc) is 2.72. The molecule has 2 rings (SSSR count). The molecule has 1 aromatic carbocycles. The lowest BCUT2D eigenvalue weighted by Crippen LogP contribution is -2.36. The Bertz CT molecular complexity index is 370. The lowest BCUT2D eigenvalue weighted by atomic mass is 9.84. The molecule has 1 nitrogen and oxygen atoms in total. The van der Waals surface area contributed by atoms with Crippen molar-refractivity contribution >= 4 is 23.2 Å². The van der Waals surface area contributed by atoms with Crippen molar-refractivity contribution in [2.75, 3.05) is 6.54 Å². The van der Waals surface area contributed by atoms with Crippen LogP contribution in [0.25, 0.3) is 0 Å². The molecule has 1 aliphatic heterocycles. The van der Waals surface area contributed by atoms with E-state index < -0.39 is 0 Å². The molecular weight excluding hydrogens is 241 g/mol. The Labute approximate surface area is 107 Å². The van der Waals surface area contributed by atoms with Crippen LogP contribution < -0.4 is 5.32 Å². The minimum atomic E-state index is 0.128. The molecule has 0 radical (unpaired) electrons. The Morgan fingerprint density at radius 2 is 2.12 bits per heavy atom. The average molecular weight is 258 g/mol. The standard InChI is InChI=1S/C13H17Cl2N/c1-2-6-13(7-3-8-16-13)10-4-5-11(14)12(15)9-10/h4-5,9,16H,2-3,6-8H2,1H3. The maximum Gasteiger partial charge on any atom is 0.0595 e. The second-order valence-corrected chi connectivity index (χ2v) is 5.31. The molecule has 16 heavy (non-hydrogen) atoms. The van der Waals surface area contributed by atoms with E-state index in [9.17, 15) is 0 Å². The molecule has 3 heteroatoms. The number of rotatable bonds is 3. The van der Waals surface area contributed by atoms with Crippen molar-refractivity contribution in [2.24, 2.45) is 0 Å². The van der Waals surface area contributed by atoms with Crippen LogP contribution in [0.1, 0.15) is 38.2 Å². The Balaban J connectivity index is 2.35. The van der Waals surface area contributed by atoms with Crippen molar-refractivity contribution < 1.29 is 0 Å². The number of halogens is 2. The zero-order chi connectivity index (χ0) is 11.6. The van der Waals surface area contributed by atoms with Gasteiger partial charge in [-0.1, -0.05) is 42.6 Å². The summed E-state index contributed by atoms with van der Waals surface area (Å²) in [5.74, 6) is 0. The fourth-order valence-corrected chi connectivity index (χ4v) is 2.93. The summed E-state index contributed by atoms with van der Waals surface area (Å²) in [6.07, 6.45) is 4.76. The molecule has 0 spiro atoms. The molecule has 0 bridgehead atoms. The van der Waals surface area contributed by atoms with Gasteiger partial charge in [0.05, 0.1) is 10.0 Å². The summed E-state index contributed by atoms with van der Waals surface area (Å²) in [5, 5.41) is 4.92. The van der Waals surface area contributed by atoms with Gasteiger partial charge in [0, 0.05) is 5.54 Å². The van der Waals surface area contributed by atoms with Crippen molar-refractivity contribution in [3.8, 4) is 0 Å². The Morgan fingerprint density at radius 1 is 1.31 bits per heavy atom. The number of benzene rings is 1. The molecule has 1 aromatic rings. The lowest BCUT2D eigenvalue weighted by molar-refractivity contribution is 0.356. The number of nitrogens with one attached hydrogen (secondary N) is 1. The molecule has 1 fully saturated rings. The van der Waals surface area contributed by atoms with Gasteiger partial charge in [0.2, 0.25) is 0 Å². The largest absolute Gasteiger partial charge is 0.307 e. The van der Waals surface area contributed by atoms with Gasteiger partial charge < -0.3 is 5.32 Å². The van der Waals surface area contributed by atoms with Crippen molar-refractivity contribution in [2.45, 2.75) is 38.1 Å². The van der Waals surface area contributed by atoms with Gasteiger partial charge in [-0.3, -0.25) is 0 Å². The molecule has 1 atom stereocenters. The summed E-state index contributed by atoms with van der Waals surface area (Å²) in [6, 6.07) is 6.01. The lowest BCUT2D eigenvalue weighted by Gasteiger charge is -2.30. The number of hydrogen-bond donors (Lipinski definition) is 1. The van der Waals surface area contributed by atoms with E-state index in [-0.39, 0.29) is 5.54 Å². The molecule has 0 saturated carbocycles. The quantitative estimate of drug-likeness (QED) is 0.848. The summed E-state index contributed by atoms with van der Waals surface area (Å²) in [4.78, 5) is 0. The van der Waals surface area contributed by atoms with Gasteiger partial charge in [-0.2, -0.15) is 0 Å². The minimum absolute atomic E-state index is 0.128. The van der Waals surface area contributed by atoms with Crippen LogP contribution in [0.4, 0.5) is 0 Å². The van der Waals surface area contributed by atoms with Crippen molar-refractivity contribution in [3.63, 3.8) is 0 Å². The monoisotopic (exact) mass is 257 g/mol. The highest BCUT2D eigenvalue weighted by Crippen LogP contribution is 2.37. The van der Waals surface area contributed by atoms with E-state index in [1.54, 1.807) is 0 Å². The fraction of sp³-hybridized carbons (Fsp3) is 0.538. The molecule has 1 aliphatic rings. The third kappa shape index (κ3) is 2.22. The predicted molar refractivity (Wildman–Crippen MR) is 70.3 cm³/mol. The van der Waals surface area contributed by atoms with E-state index >= 15 is 0 Å². The Kier molecular flexibility index (Phi) is 3.78.